The molecule has 0 radical (unpaired) electrons. The van der Waals surface area contributed by atoms with E-state index in [1.54, 1.807) is 0 Å². The standard InChI is InChI=1S/C29H18F6O4/c30-28(31,32)27(29(33,34)35,21-7-11-23(12-8-21)38-25-5-1-3-19(15-25)17-36)22-9-13-24(14-10-22)39-26-6-2-4-20(16-26)18-37/h1-18H. The zero-order valence-electron chi connectivity index (χ0n) is 19.8. The molecule has 39 heavy (non-hydrogen) atoms. The fourth-order valence-corrected chi connectivity index (χ4v) is 4.10. The number of alkyl halides is 6. The Morgan fingerprint density at radius 3 is 1.15 bits per heavy atom. The SMILES string of the molecule is O=Cc1cccc(Oc2ccc(C(c3ccc(Oc4cccc(C=O)c4)cc3)(C(F)(F)F)C(F)(F)F)cc2)c1. The molecule has 0 heterocycles. The fourth-order valence-electron chi connectivity index (χ4n) is 4.10. The van der Waals surface area contributed by atoms with Crippen molar-refractivity contribution in [3.63, 3.8) is 0 Å². The first-order chi connectivity index (χ1) is 18.5. The van der Waals surface area contributed by atoms with Crippen molar-refractivity contribution >= 4 is 12.6 Å². The van der Waals surface area contributed by atoms with Gasteiger partial charge in [0.1, 0.15) is 35.6 Å². The molecule has 0 aliphatic heterocycles. The van der Waals surface area contributed by atoms with Crippen LogP contribution < -0.4 is 9.47 Å². The van der Waals surface area contributed by atoms with Crippen LogP contribution in [0.15, 0.2) is 97.1 Å². The monoisotopic (exact) mass is 544 g/mol. The van der Waals surface area contributed by atoms with E-state index in [4.69, 9.17) is 9.47 Å². The lowest BCUT2D eigenvalue weighted by molar-refractivity contribution is -0.288. The third kappa shape index (κ3) is 5.50. The van der Waals surface area contributed by atoms with Gasteiger partial charge in [0.15, 0.2) is 0 Å². The minimum Gasteiger partial charge on any atom is -0.457 e. The molecule has 4 rings (SSSR count). The van der Waals surface area contributed by atoms with Gasteiger partial charge in [-0.2, -0.15) is 26.3 Å². The molecule has 0 unspecified atom stereocenters. The van der Waals surface area contributed by atoms with Crippen molar-refractivity contribution in [2.45, 2.75) is 17.8 Å². The topological polar surface area (TPSA) is 52.6 Å². The summed E-state index contributed by atoms with van der Waals surface area (Å²) in [6.07, 6.45) is -10.4. The maximum Gasteiger partial charge on any atom is 0.411 e. The van der Waals surface area contributed by atoms with Crippen molar-refractivity contribution in [3.8, 4) is 23.0 Å². The summed E-state index contributed by atoms with van der Waals surface area (Å²) in [5.74, 6) is 0.307. The minimum absolute atomic E-state index is 0.0265. The van der Waals surface area contributed by atoms with Crippen LogP contribution in [0.5, 0.6) is 23.0 Å². The van der Waals surface area contributed by atoms with Gasteiger partial charge in [0.05, 0.1) is 0 Å². The molecule has 0 spiro atoms. The average Bonchev–Trinajstić information content (AvgIpc) is 2.89. The molecule has 4 aromatic rings. The van der Waals surface area contributed by atoms with Gasteiger partial charge < -0.3 is 9.47 Å². The second kappa shape index (κ2) is 10.6. The van der Waals surface area contributed by atoms with Crippen LogP contribution in [-0.2, 0) is 5.41 Å². The number of ether oxygens (including phenoxy) is 2. The zero-order chi connectivity index (χ0) is 28.3. The minimum atomic E-state index is -5.77. The summed E-state index contributed by atoms with van der Waals surface area (Å²) in [5.41, 5.74) is -5.93. The highest BCUT2D eigenvalue weighted by atomic mass is 19.4. The summed E-state index contributed by atoms with van der Waals surface area (Å²) in [6.45, 7) is 0. The van der Waals surface area contributed by atoms with E-state index in [0.717, 1.165) is 24.3 Å². The van der Waals surface area contributed by atoms with Crippen molar-refractivity contribution in [2.24, 2.45) is 0 Å². The van der Waals surface area contributed by atoms with Crippen molar-refractivity contribution in [3.05, 3.63) is 119 Å². The van der Waals surface area contributed by atoms with E-state index in [1.807, 2.05) is 0 Å². The fraction of sp³-hybridized carbons (Fsp3) is 0.103. The van der Waals surface area contributed by atoms with E-state index >= 15 is 0 Å². The van der Waals surface area contributed by atoms with Gasteiger partial charge in [0.25, 0.3) is 0 Å². The molecule has 4 nitrogen and oxygen atoms in total. The Morgan fingerprint density at radius 2 is 0.846 bits per heavy atom. The molecule has 0 fully saturated rings. The van der Waals surface area contributed by atoms with E-state index in [1.165, 1.54) is 48.5 Å². The van der Waals surface area contributed by atoms with E-state index in [9.17, 15) is 35.9 Å². The lowest BCUT2D eigenvalue weighted by Crippen LogP contribution is -2.54. The van der Waals surface area contributed by atoms with Gasteiger partial charge in [0.2, 0.25) is 5.41 Å². The van der Waals surface area contributed by atoms with Crippen LogP contribution in [0.25, 0.3) is 0 Å². The van der Waals surface area contributed by atoms with Gasteiger partial charge in [-0.15, -0.1) is 0 Å². The van der Waals surface area contributed by atoms with Gasteiger partial charge in [-0.25, -0.2) is 0 Å². The molecule has 0 saturated heterocycles. The highest BCUT2D eigenvalue weighted by Crippen LogP contribution is 2.56. The second-order valence-corrected chi connectivity index (χ2v) is 8.38. The predicted molar refractivity (Wildman–Crippen MR) is 130 cm³/mol. The maximum absolute atomic E-state index is 14.5. The molecule has 0 aliphatic carbocycles. The molecule has 0 bridgehead atoms. The zero-order valence-corrected chi connectivity index (χ0v) is 19.8. The molecule has 4 aromatic carbocycles. The summed E-state index contributed by atoms with van der Waals surface area (Å²) in [4.78, 5) is 21.9. The maximum atomic E-state index is 14.5. The van der Waals surface area contributed by atoms with Crippen molar-refractivity contribution < 1.29 is 45.4 Å². The molecule has 0 N–H and O–H groups in total. The van der Waals surface area contributed by atoms with Gasteiger partial charge in [-0.1, -0.05) is 48.5 Å². The molecule has 0 saturated carbocycles. The van der Waals surface area contributed by atoms with E-state index in [2.05, 4.69) is 0 Å². The molecule has 0 atom stereocenters. The van der Waals surface area contributed by atoms with Crippen molar-refractivity contribution in [2.75, 3.05) is 0 Å². The highest BCUT2D eigenvalue weighted by molar-refractivity contribution is 5.76. The molecule has 200 valence electrons. The summed E-state index contributed by atoms with van der Waals surface area (Å²) < 4.78 is 97.7. The number of carbonyl (C=O) groups is 2. The number of rotatable bonds is 8. The third-order valence-electron chi connectivity index (χ3n) is 5.88. The largest absolute Gasteiger partial charge is 0.457 e. The number of halogens is 6. The second-order valence-electron chi connectivity index (χ2n) is 8.38. The van der Waals surface area contributed by atoms with Crippen LogP contribution in [0.2, 0.25) is 0 Å². The quantitative estimate of drug-likeness (QED) is 0.165. The van der Waals surface area contributed by atoms with E-state index in [0.29, 0.717) is 36.8 Å². The summed E-state index contributed by atoms with van der Waals surface area (Å²) in [7, 11) is 0. The Bertz CT molecular complexity index is 1350. The number of benzene rings is 4. The van der Waals surface area contributed by atoms with Crippen LogP contribution in [-0.4, -0.2) is 24.9 Å². The van der Waals surface area contributed by atoms with Gasteiger partial charge >= 0.3 is 12.4 Å². The van der Waals surface area contributed by atoms with Crippen LogP contribution in [0, 0.1) is 0 Å². The molecule has 0 aliphatic rings. The number of carbonyl (C=O) groups excluding carboxylic acids is 2. The lowest BCUT2D eigenvalue weighted by atomic mass is 9.73. The van der Waals surface area contributed by atoms with Gasteiger partial charge in [-0.05, 0) is 59.7 Å². The third-order valence-corrected chi connectivity index (χ3v) is 5.88. The van der Waals surface area contributed by atoms with Crippen molar-refractivity contribution in [1.29, 1.82) is 0 Å². The van der Waals surface area contributed by atoms with Gasteiger partial charge in [-0.3, -0.25) is 9.59 Å². The Labute approximate surface area is 218 Å². The molecule has 10 heteroatoms. The Hall–Kier alpha value is -4.60. The summed E-state index contributed by atoms with van der Waals surface area (Å²) >= 11 is 0. The first-order valence-electron chi connectivity index (χ1n) is 11.3. The number of hydrogen-bond donors (Lipinski definition) is 0. The van der Waals surface area contributed by atoms with Crippen LogP contribution in [0.3, 0.4) is 0 Å². The van der Waals surface area contributed by atoms with Crippen LogP contribution in [0.4, 0.5) is 26.3 Å². The number of aldehydes is 2. The number of hydrogen-bond acceptors (Lipinski definition) is 4. The van der Waals surface area contributed by atoms with E-state index in [-0.39, 0.29) is 34.1 Å². The Kier molecular flexibility index (Phi) is 7.49. The lowest BCUT2D eigenvalue weighted by Gasteiger charge is -2.38. The van der Waals surface area contributed by atoms with Crippen molar-refractivity contribution in [1.82, 2.24) is 0 Å². The van der Waals surface area contributed by atoms with Crippen LogP contribution in [0.1, 0.15) is 31.8 Å². The summed E-state index contributed by atoms with van der Waals surface area (Å²) in [5, 5.41) is 0. The molecular formula is C29H18F6O4. The predicted octanol–water partition coefficient (Wildman–Crippen LogP) is 8.31. The molecular weight excluding hydrogens is 526 g/mol. The van der Waals surface area contributed by atoms with E-state index < -0.39 is 28.9 Å². The first-order valence-corrected chi connectivity index (χ1v) is 11.3. The normalized spacial score (nSPS) is 12.1. The average molecular weight is 544 g/mol. The van der Waals surface area contributed by atoms with Gasteiger partial charge in [0, 0.05) is 11.1 Å². The molecule has 0 amide bonds. The Morgan fingerprint density at radius 1 is 0.487 bits per heavy atom. The smallest absolute Gasteiger partial charge is 0.411 e. The highest BCUT2D eigenvalue weighted by Gasteiger charge is 2.72. The Balaban J connectivity index is 1.72. The molecule has 0 aromatic heterocycles. The summed E-state index contributed by atoms with van der Waals surface area (Å²) in [6, 6.07) is 18.5. The first kappa shape index (κ1) is 27.4. The van der Waals surface area contributed by atoms with Crippen LogP contribution >= 0.6 is 0 Å².